The Morgan fingerprint density at radius 2 is 1.81 bits per heavy atom. The number of carbonyl (C=O) groups is 1. The molecule has 0 atom stereocenters. The van der Waals surface area contributed by atoms with E-state index < -0.39 is 15.7 Å². The van der Waals surface area contributed by atoms with Crippen LogP contribution < -0.4 is 5.32 Å². The second kappa shape index (κ2) is 7.47. The molecule has 1 heterocycles. The number of amides is 1. The molecule has 0 saturated carbocycles. The van der Waals surface area contributed by atoms with Crippen LogP contribution in [0.25, 0.3) is 0 Å². The third-order valence-electron chi connectivity index (χ3n) is 3.76. The molecule has 26 heavy (non-hydrogen) atoms. The van der Waals surface area contributed by atoms with Crippen molar-refractivity contribution in [1.29, 1.82) is 0 Å². The predicted octanol–water partition coefficient (Wildman–Crippen LogP) is 4.58. The first kappa shape index (κ1) is 18.4. The number of hydrogen-bond acceptors (Lipinski definition) is 4. The van der Waals surface area contributed by atoms with Crippen LogP contribution in [0.4, 0.5) is 5.69 Å². The van der Waals surface area contributed by atoms with Crippen molar-refractivity contribution in [2.24, 2.45) is 0 Å². The van der Waals surface area contributed by atoms with E-state index in [0.29, 0.717) is 5.69 Å². The van der Waals surface area contributed by atoms with Crippen molar-refractivity contribution >= 4 is 37.4 Å². The van der Waals surface area contributed by atoms with Crippen LogP contribution in [0.2, 0.25) is 0 Å². The summed E-state index contributed by atoms with van der Waals surface area (Å²) in [5.41, 5.74) is 1.55. The zero-order valence-electron chi connectivity index (χ0n) is 13.9. The monoisotopic (exact) mass is 433 g/mol. The molecule has 7 heteroatoms. The quantitative estimate of drug-likeness (QED) is 0.638. The number of hydrogen-bond donors (Lipinski definition) is 1. The summed E-state index contributed by atoms with van der Waals surface area (Å²) in [7, 11) is -3.53. The standard InChI is InChI=1S/C19H16BrNO4S/c1-13-11-14(20)7-9-17(13)21-19(22)18-10-8-15(25-18)12-26(23,24)16-5-3-2-4-6-16/h2-11H,12H2,1H3,(H,21,22). The summed E-state index contributed by atoms with van der Waals surface area (Å²) in [6.07, 6.45) is 0. The molecule has 1 aromatic heterocycles. The first-order chi connectivity index (χ1) is 12.3. The summed E-state index contributed by atoms with van der Waals surface area (Å²) in [4.78, 5) is 12.5. The van der Waals surface area contributed by atoms with Gasteiger partial charge in [0.15, 0.2) is 15.6 Å². The van der Waals surface area contributed by atoms with Gasteiger partial charge in [-0.2, -0.15) is 0 Å². The van der Waals surface area contributed by atoms with Gasteiger partial charge >= 0.3 is 0 Å². The molecule has 1 N–H and O–H groups in total. The summed E-state index contributed by atoms with van der Waals surface area (Å²) in [5.74, 6) is -0.461. The summed E-state index contributed by atoms with van der Waals surface area (Å²) in [6.45, 7) is 1.88. The molecular weight excluding hydrogens is 418 g/mol. The lowest BCUT2D eigenvalue weighted by Crippen LogP contribution is -2.12. The molecular formula is C19H16BrNO4S. The van der Waals surface area contributed by atoms with Gasteiger partial charge in [0.2, 0.25) is 0 Å². The van der Waals surface area contributed by atoms with Crippen molar-refractivity contribution in [2.45, 2.75) is 17.6 Å². The average molecular weight is 434 g/mol. The van der Waals surface area contributed by atoms with Crippen LogP contribution in [0.3, 0.4) is 0 Å². The Morgan fingerprint density at radius 3 is 2.50 bits per heavy atom. The third-order valence-corrected chi connectivity index (χ3v) is 5.90. The summed E-state index contributed by atoms with van der Waals surface area (Å²) < 4.78 is 31.1. The number of carbonyl (C=O) groups excluding carboxylic acids is 1. The first-order valence-electron chi connectivity index (χ1n) is 7.79. The minimum atomic E-state index is -3.53. The van der Waals surface area contributed by atoms with E-state index in [-0.39, 0.29) is 22.2 Å². The fourth-order valence-corrected chi connectivity index (χ4v) is 4.17. The number of furan rings is 1. The van der Waals surface area contributed by atoms with Gasteiger partial charge in [-0.25, -0.2) is 8.42 Å². The van der Waals surface area contributed by atoms with Crippen molar-refractivity contribution in [2.75, 3.05) is 5.32 Å². The summed E-state index contributed by atoms with van der Waals surface area (Å²) in [5, 5.41) is 2.76. The van der Waals surface area contributed by atoms with Crippen molar-refractivity contribution in [3.63, 3.8) is 0 Å². The lowest BCUT2D eigenvalue weighted by Gasteiger charge is -2.07. The van der Waals surface area contributed by atoms with Gasteiger partial charge in [0, 0.05) is 10.2 Å². The molecule has 0 radical (unpaired) electrons. The van der Waals surface area contributed by atoms with E-state index in [9.17, 15) is 13.2 Å². The highest BCUT2D eigenvalue weighted by Gasteiger charge is 2.19. The van der Waals surface area contributed by atoms with Gasteiger partial charge in [0.25, 0.3) is 5.91 Å². The summed E-state index contributed by atoms with van der Waals surface area (Å²) >= 11 is 3.37. The van der Waals surface area contributed by atoms with Gasteiger partial charge in [-0.3, -0.25) is 4.79 Å². The van der Waals surface area contributed by atoms with Crippen LogP contribution in [0.5, 0.6) is 0 Å². The Balaban J connectivity index is 1.74. The van der Waals surface area contributed by atoms with Gasteiger partial charge in [-0.1, -0.05) is 34.1 Å². The highest BCUT2D eigenvalue weighted by atomic mass is 79.9. The topological polar surface area (TPSA) is 76.4 Å². The largest absolute Gasteiger partial charge is 0.455 e. The number of benzene rings is 2. The molecule has 3 aromatic rings. The lowest BCUT2D eigenvalue weighted by atomic mass is 10.2. The van der Waals surface area contributed by atoms with Gasteiger partial charge in [-0.15, -0.1) is 0 Å². The predicted molar refractivity (Wildman–Crippen MR) is 103 cm³/mol. The van der Waals surface area contributed by atoms with E-state index in [1.54, 1.807) is 24.3 Å². The van der Waals surface area contributed by atoms with E-state index in [1.807, 2.05) is 19.1 Å². The van der Waals surface area contributed by atoms with Crippen LogP contribution in [0.1, 0.15) is 21.9 Å². The third kappa shape index (κ3) is 4.23. The van der Waals surface area contributed by atoms with Crippen molar-refractivity contribution in [1.82, 2.24) is 0 Å². The first-order valence-corrected chi connectivity index (χ1v) is 10.2. The lowest BCUT2D eigenvalue weighted by molar-refractivity contribution is 0.0995. The van der Waals surface area contributed by atoms with Gasteiger partial charge in [-0.05, 0) is 55.0 Å². The van der Waals surface area contributed by atoms with E-state index in [4.69, 9.17) is 4.42 Å². The number of halogens is 1. The Bertz CT molecular complexity index is 1040. The number of anilines is 1. The van der Waals surface area contributed by atoms with Crippen LogP contribution >= 0.6 is 15.9 Å². The maximum absolute atomic E-state index is 12.4. The SMILES string of the molecule is Cc1cc(Br)ccc1NC(=O)c1ccc(CS(=O)(=O)c2ccccc2)o1. The molecule has 0 aliphatic rings. The number of rotatable bonds is 5. The number of sulfone groups is 1. The second-order valence-electron chi connectivity index (χ2n) is 5.75. The molecule has 0 bridgehead atoms. The highest BCUT2D eigenvalue weighted by molar-refractivity contribution is 9.10. The van der Waals surface area contributed by atoms with Crippen molar-refractivity contribution in [3.8, 4) is 0 Å². The molecule has 0 spiro atoms. The zero-order chi connectivity index (χ0) is 18.7. The zero-order valence-corrected chi connectivity index (χ0v) is 16.3. The Kier molecular flexibility index (Phi) is 5.29. The second-order valence-corrected chi connectivity index (χ2v) is 8.66. The molecule has 2 aromatic carbocycles. The number of nitrogens with one attached hydrogen (secondary N) is 1. The molecule has 134 valence electrons. The Hall–Kier alpha value is -2.38. The van der Waals surface area contributed by atoms with E-state index in [1.165, 1.54) is 24.3 Å². The van der Waals surface area contributed by atoms with E-state index in [0.717, 1.165) is 10.0 Å². The Labute approximate surface area is 160 Å². The molecule has 5 nitrogen and oxygen atoms in total. The Morgan fingerprint density at radius 1 is 1.08 bits per heavy atom. The maximum atomic E-state index is 12.4. The van der Waals surface area contributed by atoms with Crippen LogP contribution in [0, 0.1) is 6.92 Å². The van der Waals surface area contributed by atoms with Crippen LogP contribution in [-0.4, -0.2) is 14.3 Å². The van der Waals surface area contributed by atoms with Crippen molar-refractivity contribution < 1.29 is 17.6 Å². The molecule has 3 rings (SSSR count). The van der Waals surface area contributed by atoms with Gasteiger partial charge in [0.1, 0.15) is 11.5 Å². The van der Waals surface area contributed by atoms with E-state index >= 15 is 0 Å². The molecule has 0 aliphatic heterocycles. The van der Waals surface area contributed by atoms with Crippen molar-refractivity contribution in [3.05, 3.63) is 82.2 Å². The van der Waals surface area contributed by atoms with Crippen LogP contribution in [0.15, 0.2) is 74.4 Å². The summed E-state index contributed by atoms with van der Waals surface area (Å²) in [6, 6.07) is 16.6. The molecule has 0 unspecified atom stereocenters. The fourth-order valence-electron chi connectivity index (χ4n) is 2.43. The molecule has 0 saturated heterocycles. The van der Waals surface area contributed by atoms with Crippen LogP contribution in [-0.2, 0) is 15.6 Å². The minimum absolute atomic E-state index is 0.0607. The fraction of sp³-hybridized carbons (Fsp3) is 0.105. The van der Waals surface area contributed by atoms with E-state index in [2.05, 4.69) is 21.2 Å². The highest BCUT2D eigenvalue weighted by Crippen LogP contribution is 2.22. The molecule has 0 fully saturated rings. The van der Waals surface area contributed by atoms with Gasteiger partial charge < -0.3 is 9.73 Å². The normalized spacial score (nSPS) is 11.3. The minimum Gasteiger partial charge on any atom is -0.455 e. The average Bonchev–Trinajstić information content (AvgIpc) is 3.06. The van der Waals surface area contributed by atoms with Gasteiger partial charge in [0.05, 0.1) is 4.90 Å². The maximum Gasteiger partial charge on any atom is 0.291 e. The number of aryl methyl sites for hydroxylation is 1. The molecule has 0 aliphatic carbocycles. The smallest absolute Gasteiger partial charge is 0.291 e. The molecule has 1 amide bonds.